The second-order valence-corrected chi connectivity index (χ2v) is 10.1. The summed E-state index contributed by atoms with van der Waals surface area (Å²) in [4.78, 5) is 0. The van der Waals surface area contributed by atoms with E-state index in [1.807, 2.05) is 0 Å². The summed E-state index contributed by atoms with van der Waals surface area (Å²) in [5.41, 5.74) is 3.71. The molecule has 0 saturated heterocycles. The maximum atomic E-state index is 11.2. The van der Waals surface area contributed by atoms with Crippen LogP contribution in [0.15, 0.2) is 12.1 Å². The van der Waals surface area contributed by atoms with Gasteiger partial charge in [0.25, 0.3) is 0 Å². The Bertz CT molecular complexity index is 572. The van der Waals surface area contributed by atoms with Crippen molar-refractivity contribution in [3.8, 4) is 5.75 Å². The highest BCUT2D eigenvalue weighted by molar-refractivity contribution is 7.81. The van der Waals surface area contributed by atoms with E-state index in [0.717, 1.165) is 5.92 Å². The monoisotopic (exact) mass is 360 g/mol. The molecule has 0 heterocycles. The lowest BCUT2D eigenvalue weighted by atomic mass is 9.75. The van der Waals surface area contributed by atoms with Gasteiger partial charge in [0, 0.05) is 4.75 Å². The lowest BCUT2D eigenvalue weighted by Gasteiger charge is -2.32. The zero-order valence-electron chi connectivity index (χ0n) is 16.4. The smallest absolute Gasteiger partial charge is 0.122 e. The molecule has 0 amide bonds. The molecule has 2 saturated carbocycles. The van der Waals surface area contributed by atoms with Crippen LogP contribution in [-0.4, -0.2) is 5.11 Å². The lowest BCUT2D eigenvalue weighted by molar-refractivity contribution is 0.312. The number of benzene rings is 1. The molecule has 0 unspecified atom stereocenters. The number of hydrogen-bond acceptors (Lipinski definition) is 2. The Morgan fingerprint density at radius 3 is 1.92 bits per heavy atom. The quantitative estimate of drug-likeness (QED) is 0.540. The summed E-state index contributed by atoms with van der Waals surface area (Å²) >= 11 is 4.85. The van der Waals surface area contributed by atoms with Crippen molar-refractivity contribution < 1.29 is 5.11 Å². The van der Waals surface area contributed by atoms with Crippen LogP contribution in [0.1, 0.15) is 114 Å². The Kier molecular flexibility index (Phi) is 6.08. The van der Waals surface area contributed by atoms with Crippen molar-refractivity contribution in [2.24, 2.45) is 5.92 Å². The molecule has 1 aromatic carbocycles. The number of phenols is 1. The molecule has 2 heteroatoms. The predicted octanol–water partition coefficient (Wildman–Crippen LogP) is 7.29. The Morgan fingerprint density at radius 2 is 1.44 bits per heavy atom. The topological polar surface area (TPSA) is 20.2 Å². The van der Waals surface area contributed by atoms with Crippen molar-refractivity contribution >= 4 is 12.6 Å². The maximum absolute atomic E-state index is 11.2. The van der Waals surface area contributed by atoms with Crippen LogP contribution in [0.25, 0.3) is 0 Å². The molecule has 1 N–H and O–H groups in total. The average Bonchev–Trinajstić information content (AvgIpc) is 2.62. The summed E-state index contributed by atoms with van der Waals surface area (Å²) in [6.07, 6.45) is 12.8. The molecule has 2 aliphatic carbocycles. The van der Waals surface area contributed by atoms with Crippen LogP contribution in [0, 0.1) is 5.92 Å². The molecule has 0 bridgehead atoms. The van der Waals surface area contributed by atoms with Crippen molar-refractivity contribution in [2.75, 3.05) is 0 Å². The van der Waals surface area contributed by atoms with Crippen molar-refractivity contribution in [3.63, 3.8) is 0 Å². The van der Waals surface area contributed by atoms with Gasteiger partial charge in [-0.2, -0.15) is 12.6 Å². The van der Waals surface area contributed by atoms with Crippen LogP contribution in [-0.2, 0) is 4.75 Å². The largest absolute Gasteiger partial charge is 0.507 e. The van der Waals surface area contributed by atoms with Crippen LogP contribution in [0.3, 0.4) is 0 Å². The molecule has 0 aliphatic heterocycles. The number of aromatic hydroxyl groups is 1. The van der Waals surface area contributed by atoms with E-state index in [1.54, 1.807) is 0 Å². The zero-order valence-corrected chi connectivity index (χ0v) is 17.2. The zero-order chi connectivity index (χ0) is 18.0. The third kappa shape index (κ3) is 4.38. The fourth-order valence-corrected chi connectivity index (χ4v) is 5.08. The van der Waals surface area contributed by atoms with Gasteiger partial charge >= 0.3 is 0 Å². The van der Waals surface area contributed by atoms with E-state index in [-0.39, 0.29) is 4.75 Å². The van der Waals surface area contributed by atoms with Crippen LogP contribution in [0.4, 0.5) is 0 Å². The third-order valence-electron chi connectivity index (χ3n) is 6.78. The Morgan fingerprint density at radius 1 is 0.920 bits per heavy atom. The average molecular weight is 361 g/mol. The van der Waals surface area contributed by atoms with E-state index in [0.29, 0.717) is 17.6 Å². The van der Waals surface area contributed by atoms with Gasteiger partial charge in [0.2, 0.25) is 0 Å². The Hall–Kier alpha value is -0.630. The van der Waals surface area contributed by atoms with Gasteiger partial charge in [0.05, 0.1) is 0 Å². The first-order valence-corrected chi connectivity index (χ1v) is 10.9. The van der Waals surface area contributed by atoms with Gasteiger partial charge in [0.15, 0.2) is 0 Å². The molecule has 0 aromatic heterocycles. The second kappa shape index (κ2) is 7.94. The van der Waals surface area contributed by atoms with E-state index < -0.39 is 0 Å². The van der Waals surface area contributed by atoms with Gasteiger partial charge in [-0.05, 0) is 86.8 Å². The minimum Gasteiger partial charge on any atom is -0.507 e. The number of rotatable bonds is 4. The fraction of sp³-hybridized carbons (Fsp3) is 0.739. The van der Waals surface area contributed by atoms with Gasteiger partial charge in [-0.3, -0.25) is 0 Å². The summed E-state index contributed by atoms with van der Waals surface area (Å²) in [5, 5.41) is 11.2. The molecule has 3 rings (SSSR count). The summed E-state index contributed by atoms with van der Waals surface area (Å²) in [6.45, 7) is 6.66. The van der Waals surface area contributed by atoms with Crippen molar-refractivity contribution in [2.45, 2.75) is 102 Å². The van der Waals surface area contributed by atoms with E-state index in [2.05, 4.69) is 32.9 Å². The minimum atomic E-state index is -0.160. The Balaban J connectivity index is 1.96. The van der Waals surface area contributed by atoms with Crippen LogP contribution in [0.2, 0.25) is 0 Å². The molecule has 1 aromatic rings. The molecule has 1 nitrogen and oxygen atoms in total. The summed E-state index contributed by atoms with van der Waals surface area (Å²) in [6, 6.07) is 4.53. The molecule has 25 heavy (non-hydrogen) atoms. The first-order valence-electron chi connectivity index (χ1n) is 10.5. The third-order valence-corrected chi connectivity index (χ3v) is 7.04. The van der Waals surface area contributed by atoms with Gasteiger partial charge < -0.3 is 5.11 Å². The summed E-state index contributed by atoms with van der Waals surface area (Å²) < 4.78 is -0.160. The van der Waals surface area contributed by atoms with Gasteiger partial charge in [-0.25, -0.2) is 0 Å². The number of hydrogen-bond donors (Lipinski definition) is 2. The van der Waals surface area contributed by atoms with E-state index in [4.69, 9.17) is 12.6 Å². The molecule has 2 aliphatic rings. The van der Waals surface area contributed by atoms with Gasteiger partial charge in [0.1, 0.15) is 5.75 Å². The van der Waals surface area contributed by atoms with Crippen LogP contribution in [0.5, 0.6) is 5.75 Å². The highest BCUT2D eigenvalue weighted by atomic mass is 32.1. The maximum Gasteiger partial charge on any atom is 0.122 e. The highest BCUT2D eigenvalue weighted by Crippen LogP contribution is 2.47. The minimum absolute atomic E-state index is 0.160. The molecule has 140 valence electrons. The van der Waals surface area contributed by atoms with E-state index in [1.165, 1.54) is 80.9 Å². The van der Waals surface area contributed by atoms with Crippen molar-refractivity contribution in [1.82, 2.24) is 0 Å². The first-order chi connectivity index (χ1) is 11.9. The Labute approximate surface area is 160 Å². The number of phenolic OH excluding ortho intramolecular Hbond substituents is 1. The molecule has 0 spiro atoms. The van der Waals surface area contributed by atoms with Gasteiger partial charge in [-0.1, -0.05) is 44.7 Å². The molecule has 0 atom stereocenters. The van der Waals surface area contributed by atoms with E-state index in [9.17, 15) is 5.11 Å². The van der Waals surface area contributed by atoms with Crippen LogP contribution >= 0.6 is 12.6 Å². The normalized spacial score (nSPS) is 25.9. The lowest BCUT2D eigenvalue weighted by Crippen LogP contribution is -2.16. The predicted molar refractivity (Wildman–Crippen MR) is 111 cm³/mol. The molecule has 2 fully saturated rings. The van der Waals surface area contributed by atoms with E-state index >= 15 is 0 Å². The highest BCUT2D eigenvalue weighted by Gasteiger charge is 2.29. The SMILES string of the molecule is CCC1CCC(c2cc(C(C)(C)S)cc(C3CCCCC3)c2O)CC1. The summed E-state index contributed by atoms with van der Waals surface area (Å²) in [5.74, 6) is 2.57. The fourth-order valence-electron chi connectivity index (χ4n) is 4.95. The van der Waals surface area contributed by atoms with Crippen molar-refractivity contribution in [3.05, 3.63) is 28.8 Å². The van der Waals surface area contributed by atoms with Crippen molar-refractivity contribution in [1.29, 1.82) is 0 Å². The summed E-state index contributed by atoms with van der Waals surface area (Å²) in [7, 11) is 0. The number of thiol groups is 1. The standard InChI is InChI=1S/C23H36OS/c1-4-16-10-12-18(13-11-16)21-15-19(23(2,3)25)14-20(22(21)24)17-8-6-5-7-9-17/h14-18,24-25H,4-13H2,1-3H3. The first kappa shape index (κ1) is 19.1. The van der Waals surface area contributed by atoms with Crippen LogP contribution < -0.4 is 0 Å². The molecule has 0 radical (unpaired) electrons. The second-order valence-electron chi connectivity index (χ2n) is 9.02. The van der Waals surface area contributed by atoms with Gasteiger partial charge in [-0.15, -0.1) is 0 Å². The molecular weight excluding hydrogens is 324 g/mol. The molecular formula is C23H36OS.